The van der Waals surface area contributed by atoms with Crippen molar-refractivity contribution in [3.05, 3.63) is 35.4 Å². The molecule has 0 radical (unpaired) electrons. The van der Waals surface area contributed by atoms with E-state index < -0.39 is 17.4 Å². The highest BCUT2D eigenvalue weighted by Gasteiger charge is 2.51. The van der Waals surface area contributed by atoms with Crippen molar-refractivity contribution in [1.29, 1.82) is 0 Å². The molecule has 0 aliphatic carbocycles. The number of rotatable bonds is 4. The Morgan fingerprint density at radius 3 is 2.41 bits per heavy atom. The highest BCUT2D eigenvalue weighted by molar-refractivity contribution is 5.77. The molecule has 17 heavy (non-hydrogen) atoms. The lowest BCUT2D eigenvalue weighted by molar-refractivity contribution is -0.184. The molecular weight excluding hydrogens is 218 g/mol. The van der Waals surface area contributed by atoms with Crippen LogP contribution in [0.25, 0.3) is 0 Å². The fourth-order valence-corrected chi connectivity index (χ4v) is 2.04. The van der Waals surface area contributed by atoms with Gasteiger partial charge < -0.3 is 15.6 Å². The lowest BCUT2D eigenvalue weighted by Gasteiger charge is -2.41. The van der Waals surface area contributed by atoms with Gasteiger partial charge in [-0.2, -0.15) is 0 Å². The first-order valence-electron chi connectivity index (χ1n) is 5.75. The molecule has 0 spiro atoms. The minimum atomic E-state index is -0.951. The SMILES string of the molecule is CCc1ccc(C(N)C2(C(=O)O)COC2)cc1. The van der Waals surface area contributed by atoms with Gasteiger partial charge in [-0.05, 0) is 17.5 Å². The zero-order valence-corrected chi connectivity index (χ0v) is 9.85. The van der Waals surface area contributed by atoms with Gasteiger partial charge in [0.15, 0.2) is 0 Å². The number of carbonyl (C=O) groups is 1. The molecule has 92 valence electrons. The van der Waals surface area contributed by atoms with Crippen molar-refractivity contribution in [3.8, 4) is 0 Å². The van der Waals surface area contributed by atoms with Gasteiger partial charge >= 0.3 is 5.97 Å². The van der Waals surface area contributed by atoms with E-state index in [1.54, 1.807) is 0 Å². The summed E-state index contributed by atoms with van der Waals surface area (Å²) in [5.41, 5.74) is 7.19. The number of benzene rings is 1. The quantitative estimate of drug-likeness (QED) is 0.826. The first-order valence-corrected chi connectivity index (χ1v) is 5.75. The first kappa shape index (κ1) is 12.1. The van der Waals surface area contributed by atoms with E-state index in [0.29, 0.717) is 0 Å². The molecule has 3 N–H and O–H groups in total. The van der Waals surface area contributed by atoms with Crippen LogP contribution in [-0.2, 0) is 16.0 Å². The molecule has 0 saturated carbocycles. The maximum absolute atomic E-state index is 11.3. The Balaban J connectivity index is 2.23. The van der Waals surface area contributed by atoms with Gasteiger partial charge in [-0.15, -0.1) is 0 Å². The van der Waals surface area contributed by atoms with Gasteiger partial charge in [0.2, 0.25) is 0 Å². The van der Waals surface area contributed by atoms with Crippen LogP contribution in [0.4, 0.5) is 0 Å². The second-order valence-electron chi connectivity index (χ2n) is 4.53. The molecule has 1 fully saturated rings. The molecule has 1 aliphatic rings. The van der Waals surface area contributed by atoms with Crippen LogP contribution in [0.3, 0.4) is 0 Å². The molecule has 1 aromatic carbocycles. The van der Waals surface area contributed by atoms with Crippen molar-refractivity contribution in [3.63, 3.8) is 0 Å². The summed E-state index contributed by atoms with van der Waals surface area (Å²) in [7, 11) is 0. The number of hydrogen-bond donors (Lipinski definition) is 2. The van der Waals surface area contributed by atoms with Crippen molar-refractivity contribution < 1.29 is 14.6 Å². The highest BCUT2D eigenvalue weighted by atomic mass is 16.5. The van der Waals surface area contributed by atoms with E-state index in [2.05, 4.69) is 6.92 Å². The summed E-state index contributed by atoms with van der Waals surface area (Å²) in [6.45, 7) is 2.46. The molecule has 0 bridgehead atoms. The third-order valence-corrected chi connectivity index (χ3v) is 3.49. The molecule has 4 nitrogen and oxygen atoms in total. The number of hydrogen-bond acceptors (Lipinski definition) is 3. The van der Waals surface area contributed by atoms with Crippen LogP contribution in [0.5, 0.6) is 0 Å². The molecule has 0 amide bonds. The molecule has 1 heterocycles. The van der Waals surface area contributed by atoms with E-state index in [0.717, 1.165) is 12.0 Å². The molecule has 1 atom stereocenters. The van der Waals surface area contributed by atoms with Gasteiger partial charge in [0, 0.05) is 0 Å². The summed E-state index contributed by atoms with van der Waals surface area (Å²) in [5, 5.41) is 9.26. The van der Waals surface area contributed by atoms with Crippen LogP contribution in [0.15, 0.2) is 24.3 Å². The average molecular weight is 235 g/mol. The van der Waals surface area contributed by atoms with Gasteiger partial charge in [-0.3, -0.25) is 4.79 Å². The highest BCUT2D eigenvalue weighted by Crippen LogP contribution is 2.39. The number of aryl methyl sites for hydroxylation is 1. The van der Waals surface area contributed by atoms with Gasteiger partial charge in [-0.25, -0.2) is 0 Å². The molecule has 1 saturated heterocycles. The Hall–Kier alpha value is -1.39. The van der Waals surface area contributed by atoms with Crippen molar-refractivity contribution in [1.82, 2.24) is 0 Å². The summed E-state index contributed by atoms with van der Waals surface area (Å²) in [4.78, 5) is 11.3. The fourth-order valence-electron chi connectivity index (χ4n) is 2.04. The standard InChI is InChI=1S/C13H17NO3/c1-2-9-3-5-10(6-4-9)11(14)13(12(15)16)7-17-8-13/h3-6,11H,2,7-8,14H2,1H3,(H,15,16). The number of ether oxygens (including phenoxy) is 1. The van der Waals surface area contributed by atoms with Crippen LogP contribution in [0.2, 0.25) is 0 Å². The Labute approximate surface area is 100 Å². The monoisotopic (exact) mass is 235 g/mol. The molecule has 2 rings (SSSR count). The number of carboxylic acids is 1. The molecule has 1 aromatic rings. The molecule has 0 aromatic heterocycles. The van der Waals surface area contributed by atoms with Gasteiger partial charge in [0.1, 0.15) is 5.41 Å². The summed E-state index contributed by atoms with van der Waals surface area (Å²) < 4.78 is 5.03. The van der Waals surface area contributed by atoms with Gasteiger partial charge in [0.05, 0.1) is 19.3 Å². The molecule has 4 heteroatoms. The Morgan fingerprint density at radius 2 is 2.06 bits per heavy atom. The third kappa shape index (κ3) is 1.94. The second kappa shape index (κ2) is 4.47. The summed E-state index contributed by atoms with van der Waals surface area (Å²) in [5.74, 6) is -0.879. The van der Waals surface area contributed by atoms with Crippen molar-refractivity contribution in [2.75, 3.05) is 13.2 Å². The third-order valence-electron chi connectivity index (χ3n) is 3.49. The Bertz CT molecular complexity index is 409. The van der Waals surface area contributed by atoms with Crippen LogP contribution in [0, 0.1) is 5.41 Å². The molecule has 1 unspecified atom stereocenters. The van der Waals surface area contributed by atoms with Crippen molar-refractivity contribution in [2.45, 2.75) is 19.4 Å². The fraction of sp³-hybridized carbons (Fsp3) is 0.462. The zero-order chi connectivity index (χ0) is 12.5. The van der Waals surface area contributed by atoms with Crippen LogP contribution in [-0.4, -0.2) is 24.3 Å². The van der Waals surface area contributed by atoms with E-state index in [4.69, 9.17) is 10.5 Å². The zero-order valence-electron chi connectivity index (χ0n) is 9.85. The minimum Gasteiger partial charge on any atom is -0.481 e. The molecule has 1 aliphatic heterocycles. The smallest absolute Gasteiger partial charge is 0.316 e. The minimum absolute atomic E-state index is 0.193. The van der Waals surface area contributed by atoms with E-state index >= 15 is 0 Å². The summed E-state index contributed by atoms with van der Waals surface area (Å²) in [6, 6.07) is 7.28. The number of aliphatic carboxylic acids is 1. The maximum atomic E-state index is 11.3. The predicted molar refractivity (Wildman–Crippen MR) is 63.6 cm³/mol. The van der Waals surface area contributed by atoms with E-state index in [9.17, 15) is 9.90 Å². The Morgan fingerprint density at radius 1 is 1.47 bits per heavy atom. The topological polar surface area (TPSA) is 72.6 Å². The predicted octanol–water partition coefficient (Wildman–Crippen LogP) is 1.35. The van der Waals surface area contributed by atoms with Gasteiger partial charge in [-0.1, -0.05) is 31.2 Å². The lowest BCUT2D eigenvalue weighted by Crippen LogP contribution is -2.55. The lowest BCUT2D eigenvalue weighted by atomic mass is 9.75. The second-order valence-corrected chi connectivity index (χ2v) is 4.53. The largest absolute Gasteiger partial charge is 0.481 e. The number of carboxylic acid groups (broad SMARTS) is 1. The van der Waals surface area contributed by atoms with Crippen LogP contribution < -0.4 is 5.73 Å². The van der Waals surface area contributed by atoms with E-state index in [1.807, 2.05) is 24.3 Å². The summed E-state index contributed by atoms with van der Waals surface area (Å²) >= 11 is 0. The average Bonchev–Trinajstić information content (AvgIpc) is 2.27. The van der Waals surface area contributed by atoms with E-state index in [-0.39, 0.29) is 13.2 Å². The van der Waals surface area contributed by atoms with E-state index in [1.165, 1.54) is 5.56 Å². The van der Waals surface area contributed by atoms with Gasteiger partial charge in [0.25, 0.3) is 0 Å². The van der Waals surface area contributed by atoms with Crippen molar-refractivity contribution >= 4 is 5.97 Å². The van der Waals surface area contributed by atoms with Crippen LogP contribution >= 0.6 is 0 Å². The Kier molecular flexibility index (Phi) is 3.17. The molecular formula is C13H17NO3. The van der Waals surface area contributed by atoms with Crippen LogP contribution in [0.1, 0.15) is 24.1 Å². The summed E-state index contributed by atoms with van der Waals surface area (Å²) in [6.07, 6.45) is 0.961. The maximum Gasteiger partial charge on any atom is 0.316 e. The first-order chi connectivity index (χ1) is 8.10. The normalized spacial score (nSPS) is 19.4. The number of nitrogens with two attached hydrogens (primary N) is 1. The van der Waals surface area contributed by atoms with Crippen molar-refractivity contribution in [2.24, 2.45) is 11.1 Å².